The van der Waals surface area contributed by atoms with Crippen LogP contribution in [-0.2, 0) is 0 Å². The van der Waals surface area contributed by atoms with Crippen LogP contribution in [0.25, 0.3) is 156 Å². The molecule has 0 bridgehead atoms. The average Bonchev–Trinajstić information content (AvgIpc) is 1.49. The molecule has 0 saturated heterocycles. The molecule has 93 heavy (non-hydrogen) atoms. The van der Waals surface area contributed by atoms with Gasteiger partial charge in [0.15, 0.2) is 19.4 Å². The van der Waals surface area contributed by atoms with Crippen LogP contribution in [0.15, 0.2) is 316 Å². The number of rotatable bonds is 8. The Labute approximate surface area is 535 Å². The molecule has 12 aromatic carbocycles. The number of nitrogens with zero attached hydrogens (tertiary/aromatic N) is 8. The van der Waals surface area contributed by atoms with E-state index in [1.807, 2.05) is 24.5 Å². The summed E-state index contributed by atoms with van der Waals surface area (Å²) in [5.41, 5.74) is 23.7. The Morgan fingerprint density at radius 1 is 0.226 bits per heavy atom. The number of fused-ring (bicyclic) bond motifs is 18. The first-order valence-corrected chi connectivity index (χ1v) is 33.7. The molecule has 0 amide bonds. The van der Waals surface area contributed by atoms with Gasteiger partial charge in [-0.1, -0.05) is 206 Å². The van der Waals surface area contributed by atoms with Crippen LogP contribution in [0.4, 0.5) is 0 Å². The van der Waals surface area contributed by atoms with E-state index in [9.17, 15) is 0 Å². The molecule has 0 radical (unpaired) electrons. The van der Waals surface area contributed by atoms with Crippen molar-refractivity contribution in [1.29, 1.82) is 0 Å². The minimum absolute atomic E-state index is 0.799. The van der Waals surface area contributed by atoms with E-state index in [4.69, 9.17) is 19.9 Å². The topological polar surface area (TPSA) is 71.3 Å². The molecule has 8 heterocycles. The second-order valence-electron chi connectivity index (χ2n) is 24.4. The Bertz CT molecular complexity index is 5630. The smallest absolute Gasteiger partial charge is 0.184 e. The van der Waals surface area contributed by atoms with E-state index in [1.54, 1.807) is 0 Å². The first-order valence-electron chi connectivity index (χ1n) is 31.7. The highest BCUT2D eigenvalue weighted by Gasteiger charge is 2.59. The molecule has 0 atom stereocenters. The maximum absolute atomic E-state index is 5.74. The van der Waals surface area contributed by atoms with Crippen LogP contribution in [0, 0.1) is 0 Å². The summed E-state index contributed by atoms with van der Waals surface area (Å²) in [4.78, 5) is 21.7. The molecule has 432 valence electrons. The maximum Gasteiger partial charge on any atom is 0.184 e. The van der Waals surface area contributed by atoms with Gasteiger partial charge in [0.1, 0.15) is 22.7 Å². The third kappa shape index (κ3) is 7.24. The van der Waals surface area contributed by atoms with Gasteiger partial charge in [-0.3, -0.25) is 9.13 Å². The first kappa shape index (κ1) is 51.6. The van der Waals surface area contributed by atoms with Crippen LogP contribution in [0.1, 0.15) is 0 Å². The minimum atomic E-state index is -3.84. The first-order chi connectivity index (χ1) is 46.2. The van der Waals surface area contributed by atoms with Crippen molar-refractivity contribution in [1.82, 2.24) is 38.2 Å². The Morgan fingerprint density at radius 2 is 0.527 bits per heavy atom. The van der Waals surface area contributed by atoms with E-state index >= 15 is 0 Å². The predicted octanol–water partition coefficient (Wildman–Crippen LogP) is 17.4. The average molecular weight is 1200 g/mol. The summed E-state index contributed by atoms with van der Waals surface area (Å²) in [6.45, 7) is 0. The molecule has 9 heteroatoms. The van der Waals surface area contributed by atoms with Crippen molar-refractivity contribution in [2.24, 2.45) is 0 Å². The van der Waals surface area contributed by atoms with Gasteiger partial charge in [0.2, 0.25) is 0 Å². The molecule has 0 fully saturated rings. The van der Waals surface area contributed by atoms with Crippen LogP contribution >= 0.6 is 0 Å². The number of hydrogen-bond donors (Lipinski definition) is 0. The molecule has 0 unspecified atom stereocenters. The maximum atomic E-state index is 5.74. The SMILES string of the molecule is c1ccc(-n2c(-c3cccc4c3[Si]3(c5c(-c6ccc(-n7c8ccccc8c8ccccc87)cc6)cccc5-c5cccc(-c6ccc(-n7c8ccccc8c8ccccc87)cc6)c53)c3c-4cccc3-c3nc4cccnc4n3-c3ccccc3)nc3cccnc32)cc1. The number of imidazole rings is 2. The summed E-state index contributed by atoms with van der Waals surface area (Å²) in [5, 5.41) is 10.2. The van der Waals surface area contributed by atoms with Crippen LogP contribution in [0.2, 0.25) is 0 Å². The second kappa shape index (κ2) is 19.8. The van der Waals surface area contributed by atoms with Crippen molar-refractivity contribution >= 4 is 94.8 Å². The van der Waals surface area contributed by atoms with Crippen LogP contribution in [0.3, 0.4) is 0 Å². The number of para-hydroxylation sites is 6. The molecule has 18 aromatic rings. The molecule has 0 saturated carbocycles. The van der Waals surface area contributed by atoms with Crippen molar-refractivity contribution in [2.75, 3.05) is 0 Å². The molecule has 8 nitrogen and oxygen atoms in total. The summed E-state index contributed by atoms with van der Waals surface area (Å²) in [6.07, 6.45) is 3.77. The lowest BCUT2D eigenvalue weighted by atomic mass is 9.96. The molecule has 2 aliphatic rings. The lowest BCUT2D eigenvalue weighted by Crippen LogP contribution is -2.72. The molecule has 0 aliphatic carbocycles. The number of benzene rings is 12. The molecule has 20 rings (SSSR count). The van der Waals surface area contributed by atoms with Gasteiger partial charge in [-0.25, -0.2) is 19.9 Å². The van der Waals surface area contributed by atoms with Gasteiger partial charge >= 0.3 is 0 Å². The van der Waals surface area contributed by atoms with Gasteiger partial charge in [-0.15, -0.1) is 0 Å². The predicted molar refractivity (Wildman–Crippen MR) is 383 cm³/mol. The number of aromatic nitrogens is 8. The Kier molecular flexibility index (Phi) is 11.0. The van der Waals surface area contributed by atoms with Crippen molar-refractivity contribution in [3.05, 3.63) is 316 Å². The molecule has 1 spiro atoms. The van der Waals surface area contributed by atoms with Gasteiger partial charge in [-0.05, 0) is 162 Å². The highest BCUT2D eigenvalue weighted by molar-refractivity contribution is 7.26. The van der Waals surface area contributed by atoms with E-state index in [0.717, 1.165) is 79.0 Å². The third-order valence-electron chi connectivity index (χ3n) is 19.7. The van der Waals surface area contributed by atoms with Crippen LogP contribution < -0.4 is 20.7 Å². The second-order valence-corrected chi connectivity index (χ2v) is 27.9. The van der Waals surface area contributed by atoms with Gasteiger partial charge in [0, 0.05) is 67.8 Å². The zero-order valence-corrected chi connectivity index (χ0v) is 51.1. The zero-order valence-electron chi connectivity index (χ0n) is 50.1. The molecule has 6 aromatic heterocycles. The molecule has 2 aliphatic heterocycles. The fourth-order valence-corrected chi connectivity index (χ4v) is 22.6. The highest BCUT2D eigenvalue weighted by atomic mass is 28.3. The zero-order chi connectivity index (χ0) is 60.9. The fourth-order valence-electron chi connectivity index (χ4n) is 16.1. The van der Waals surface area contributed by atoms with Crippen molar-refractivity contribution in [3.8, 4) is 90.0 Å². The quantitative estimate of drug-likeness (QED) is 0.142. The summed E-state index contributed by atoms with van der Waals surface area (Å²) < 4.78 is 9.40. The monoisotopic (exact) mass is 1200 g/mol. The van der Waals surface area contributed by atoms with E-state index in [2.05, 4.69) is 309 Å². The van der Waals surface area contributed by atoms with Gasteiger partial charge < -0.3 is 9.13 Å². The van der Waals surface area contributed by atoms with Crippen molar-refractivity contribution in [2.45, 2.75) is 0 Å². The summed E-state index contributed by atoms with van der Waals surface area (Å²) in [6, 6.07) is 111. The Balaban J connectivity index is 0.921. The van der Waals surface area contributed by atoms with E-state index in [-0.39, 0.29) is 0 Å². The van der Waals surface area contributed by atoms with E-state index < -0.39 is 8.07 Å². The lowest BCUT2D eigenvalue weighted by molar-refractivity contribution is 1.08. The highest BCUT2D eigenvalue weighted by Crippen LogP contribution is 2.47. The lowest BCUT2D eigenvalue weighted by Gasteiger charge is -2.34. The van der Waals surface area contributed by atoms with Crippen LogP contribution in [-0.4, -0.2) is 46.3 Å². The van der Waals surface area contributed by atoms with Crippen molar-refractivity contribution < 1.29 is 0 Å². The molecular formula is C84H52N8Si. The van der Waals surface area contributed by atoms with Crippen molar-refractivity contribution in [3.63, 3.8) is 0 Å². The van der Waals surface area contributed by atoms with E-state index in [1.165, 1.54) is 97.7 Å². The normalized spacial score (nSPS) is 12.8. The Morgan fingerprint density at radius 3 is 0.892 bits per heavy atom. The van der Waals surface area contributed by atoms with E-state index in [0.29, 0.717) is 0 Å². The minimum Gasteiger partial charge on any atom is -0.309 e. The van der Waals surface area contributed by atoms with Crippen LogP contribution in [0.5, 0.6) is 0 Å². The number of pyridine rings is 2. The number of hydrogen-bond acceptors (Lipinski definition) is 4. The standard InChI is InChI=1S/C84H52N8Si/c1-3-21-55(22-4-1)91-81(87-71-37-19-51-85-83(71)91)69-35-17-33-67-68-34-18-36-70(82-88-72-38-20-52-86-84(72)92(82)56-23-5-2-6-24-56)80(68)93(79(67)69)77-59(53-43-47-57(48-44-53)89-73-39-11-7-25-61(73)62-26-8-12-40-74(62)89)29-15-31-65(77)66-32-16-30-60(78(66)93)54-45-49-58(50-46-54)90-75-41-13-9-27-63(75)64-28-10-14-42-76(64)90/h1-52H. The Hall–Kier alpha value is -12.3. The fraction of sp³-hybridized carbons (Fsp3) is 0. The van der Waals surface area contributed by atoms with Gasteiger partial charge in [0.25, 0.3) is 0 Å². The largest absolute Gasteiger partial charge is 0.309 e. The third-order valence-corrected chi connectivity index (χ3v) is 24.9. The molecule has 0 N–H and O–H groups in total. The van der Waals surface area contributed by atoms with Gasteiger partial charge in [0.05, 0.1) is 22.1 Å². The summed E-state index contributed by atoms with van der Waals surface area (Å²) >= 11 is 0. The summed E-state index contributed by atoms with van der Waals surface area (Å²) in [5.74, 6) is 1.68. The molecular weight excluding hydrogens is 1150 g/mol. The van der Waals surface area contributed by atoms with Gasteiger partial charge in [-0.2, -0.15) is 0 Å². The summed E-state index contributed by atoms with van der Waals surface area (Å²) in [7, 11) is -3.84.